The number of nitrogens with zero attached hydrogens (tertiary/aromatic N) is 1. The van der Waals surface area contributed by atoms with Gasteiger partial charge in [0.25, 0.3) is 0 Å². The Balaban J connectivity index is 1.71. The first kappa shape index (κ1) is 17.0. The third-order valence-corrected chi connectivity index (χ3v) is 5.20. The fraction of sp³-hybridized carbons (Fsp3) is 0.625. The van der Waals surface area contributed by atoms with Gasteiger partial charge >= 0.3 is 5.97 Å². The molecule has 0 radical (unpaired) electrons. The van der Waals surface area contributed by atoms with E-state index in [1.165, 1.54) is 4.88 Å². The first-order valence-electron chi connectivity index (χ1n) is 7.88. The second-order valence-corrected chi connectivity index (χ2v) is 6.73. The van der Waals surface area contributed by atoms with Gasteiger partial charge in [0.2, 0.25) is 5.91 Å². The molecule has 0 aliphatic carbocycles. The Morgan fingerprint density at radius 2 is 2.18 bits per heavy atom. The third kappa shape index (κ3) is 4.55. The van der Waals surface area contributed by atoms with Gasteiger partial charge in [0.05, 0.1) is 0 Å². The second-order valence-electron chi connectivity index (χ2n) is 5.69. The number of carboxylic acid groups (broad SMARTS) is 1. The number of amides is 1. The standard InChI is InChI=1S/C16H24N2O3S/c1-2-14(16(20)21)18-9-6-12(7-10-18)15(19)17-8-5-13-4-3-11-22-13/h3-4,11-12,14H,2,5-10H2,1H3,(H,17,19)(H,20,21). The number of piperidine rings is 1. The summed E-state index contributed by atoms with van der Waals surface area (Å²) in [7, 11) is 0. The van der Waals surface area contributed by atoms with Crippen molar-refractivity contribution < 1.29 is 14.7 Å². The van der Waals surface area contributed by atoms with Crippen LogP contribution >= 0.6 is 11.3 Å². The van der Waals surface area contributed by atoms with E-state index in [0.717, 1.165) is 19.3 Å². The number of aliphatic carboxylic acids is 1. The molecule has 0 aromatic carbocycles. The number of carbonyl (C=O) groups is 2. The van der Waals surface area contributed by atoms with Gasteiger partial charge in [0, 0.05) is 17.3 Å². The Bertz CT molecular complexity index is 482. The zero-order chi connectivity index (χ0) is 15.9. The minimum atomic E-state index is -0.763. The lowest BCUT2D eigenvalue weighted by Crippen LogP contribution is -2.47. The molecule has 122 valence electrons. The molecule has 2 N–H and O–H groups in total. The highest BCUT2D eigenvalue weighted by Gasteiger charge is 2.30. The number of thiophene rings is 1. The van der Waals surface area contributed by atoms with E-state index in [1.807, 2.05) is 23.3 Å². The number of hydrogen-bond acceptors (Lipinski definition) is 4. The van der Waals surface area contributed by atoms with Crippen LogP contribution in [0.1, 0.15) is 31.1 Å². The van der Waals surface area contributed by atoms with Crippen molar-refractivity contribution in [3.63, 3.8) is 0 Å². The fourth-order valence-corrected chi connectivity index (χ4v) is 3.68. The van der Waals surface area contributed by atoms with Crippen LogP contribution in [0.2, 0.25) is 0 Å². The summed E-state index contributed by atoms with van der Waals surface area (Å²) in [5.41, 5.74) is 0. The lowest BCUT2D eigenvalue weighted by molar-refractivity contribution is -0.144. The van der Waals surface area contributed by atoms with E-state index >= 15 is 0 Å². The second kappa shape index (κ2) is 8.29. The average molecular weight is 324 g/mol. The number of hydrogen-bond donors (Lipinski definition) is 2. The Kier molecular flexibility index (Phi) is 6.39. The van der Waals surface area contributed by atoms with Crippen LogP contribution in [0.3, 0.4) is 0 Å². The van der Waals surface area contributed by atoms with Gasteiger partial charge in [0.15, 0.2) is 0 Å². The Morgan fingerprint density at radius 1 is 1.45 bits per heavy atom. The molecule has 1 unspecified atom stereocenters. The molecule has 22 heavy (non-hydrogen) atoms. The zero-order valence-corrected chi connectivity index (χ0v) is 13.8. The van der Waals surface area contributed by atoms with Crippen molar-refractivity contribution in [3.8, 4) is 0 Å². The molecule has 2 rings (SSSR count). The van der Waals surface area contributed by atoms with E-state index in [-0.39, 0.29) is 11.8 Å². The number of carbonyl (C=O) groups excluding carboxylic acids is 1. The molecule has 5 nitrogen and oxygen atoms in total. The molecule has 1 aliphatic rings. The van der Waals surface area contributed by atoms with Crippen LogP contribution in [0.15, 0.2) is 17.5 Å². The van der Waals surface area contributed by atoms with E-state index in [2.05, 4.69) is 11.4 Å². The monoisotopic (exact) mass is 324 g/mol. The van der Waals surface area contributed by atoms with E-state index in [0.29, 0.717) is 26.1 Å². The van der Waals surface area contributed by atoms with Crippen LogP contribution in [0.5, 0.6) is 0 Å². The van der Waals surface area contributed by atoms with Gasteiger partial charge in [-0.1, -0.05) is 13.0 Å². The van der Waals surface area contributed by atoms with Gasteiger partial charge in [-0.05, 0) is 50.2 Å². The molecule has 6 heteroatoms. The largest absolute Gasteiger partial charge is 0.480 e. The summed E-state index contributed by atoms with van der Waals surface area (Å²) >= 11 is 1.71. The Morgan fingerprint density at radius 3 is 2.73 bits per heavy atom. The average Bonchev–Trinajstić information content (AvgIpc) is 3.01. The van der Waals surface area contributed by atoms with Crippen LogP contribution in [0.25, 0.3) is 0 Å². The van der Waals surface area contributed by atoms with Crippen molar-refractivity contribution in [1.29, 1.82) is 0 Å². The molecule has 0 bridgehead atoms. The van der Waals surface area contributed by atoms with Crippen molar-refractivity contribution in [1.82, 2.24) is 10.2 Å². The van der Waals surface area contributed by atoms with Crippen LogP contribution in [-0.2, 0) is 16.0 Å². The molecule has 2 heterocycles. The quantitative estimate of drug-likeness (QED) is 0.805. The fourth-order valence-electron chi connectivity index (χ4n) is 2.97. The highest BCUT2D eigenvalue weighted by atomic mass is 32.1. The minimum absolute atomic E-state index is 0.0193. The summed E-state index contributed by atoms with van der Waals surface area (Å²) in [5.74, 6) is -0.633. The molecular formula is C16H24N2O3S. The maximum atomic E-state index is 12.2. The SMILES string of the molecule is CCC(C(=O)O)N1CCC(C(=O)NCCc2cccs2)CC1. The Hall–Kier alpha value is -1.40. The van der Waals surface area contributed by atoms with Gasteiger partial charge in [-0.2, -0.15) is 0 Å². The summed E-state index contributed by atoms with van der Waals surface area (Å²) in [4.78, 5) is 26.6. The first-order chi connectivity index (χ1) is 10.6. The number of likely N-dealkylation sites (tertiary alicyclic amines) is 1. The van der Waals surface area contributed by atoms with Crippen molar-refractivity contribution in [2.45, 2.75) is 38.6 Å². The van der Waals surface area contributed by atoms with E-state index in [1.54, 1.807) is 11.3 Å². The summed E-state index contributed by atoms with van der Waals surface area (Å²) in [5, 5.41) is 14.2. The van der Waals surface area contributed by atoms with Crippen LogP contribution < -0.4 is 5.32 Å². The van der Waals surface area contributed by atoms with Gasteiger partial charge in [-0.3, -0.25) is 14.5 Å². The normalized spacial score (nSPS) is 18.0. The topological polar surface area (TPSA) is 69.6 Å². The molecule has 0 spiro atoms. The minimum Gasteiger partial charge on any atom is -0.480 e. The molecule has 1 saturated heterocycles. The summed E-state index contributed by atoms with van der Waals surface area (Å²) in [6.07, 6.45) is 2.97. The van der Waals surface area contributed by atoms with Gasteiger partial charge < -0.3 is 10.4 Å². The smallest absolute Gasteiger partial charge is 0.320 e. The number of carboxylic acids is 1. The molecular weight excluding hydrogens is 300 g/mol. The molecule has 1 aromatic heterocycles. The highest BCUT2D eigenvalue weighted by Crippen LogP contribution is 2.20. The highest BCUT2D eigenvalue weighted by molar-refractivity contribution is 7.09. The van der Waals surface area contributed by atoms with Gasteiger partial charge in [-0.25, -0.2) is 0 Å². The lowest BCUT2D eigenvalue weighted by atomic mass is 9.94. The molecule has 1 fully saturated rings. The third-order valence-electron chi connectivity index (χ3n) is 4.26. The lowest BCUT2D eigenvalue weighted by Gasteiger charge is -2.34. The van der Waals surface area contributed by atoms with Gasteiger partial charge in [0.1, 0.15) is 6.04 Å². The van der Waals surface area contributed by atoms with Crippen molar-refractivity contribution >= 4 is 23.2 Å². The first-order valence-corrected chi connectivity index (χ1v) is 8.76. The zero-order valence-electron chi connectivity index (χ0n) is 13.0. The number of nitrogens with one attached hydrogen (secondary N) is 1. The summed E-state index contributed by atoms with van der Waals surface area (Å²) in [6.45, 7) is 3.94. The summed E-state index contributed by atoms with van der Waals surface area (Å²) < 4.78 is 0. The van der Waals surface area contributed by atoms with E-state index in [9.17, 15) is 14.7 Å². The molecule has 1 atom stereocenters. The predicted molar refractivity (Wildman–Crippen MR) is 87.0 cm³/mol. The maximum Gasteiger partial charge on any atom is 0.320 e. The van der Waals surface area contributed by atoms with Crippen LogP contribution in [-0.4, -0.2) is 47.6 Å². The number of rotatable bonds is 7. The van der Waals surface area contributed by atoms with Gasteiger partial charge in [-0.15, -0.1) is 11.3 Å². The molecule has 1 aliphatic heterocycles. The van der Waals surface area contributed by atoms with E-state index in [4.69, 9.17) is 0 Å². The van der Waals surface area contributed by atoms with Crippen molar-refractivity contribution in [3.05, 3.63) is 22.4 Å². The molecule has 1 amide bonds. The van der Waals surface area contributed by atoms with Crippen LogP contribution in [0, 0.1) is 5.92 Å². The van der Waals surface area contributed by atoms with Crippen molar-refractivity contribution in [2.75, 3.05) is 19.6 Å². The predicted octanol–water partition coefficient (Wildman–Crippen LogP) is 1.98. The molecule has 0 saturated carbocycles. The Labute approximate surface area is 135 Å². The van der Waals surface area contributed by atoms with E-state index < -0.39 is 12.0 Å². The maximum absolute atomic E-state index is 12.2. The van der Waals surface area contributed by atoms with Crippen LogP contribution in [0.4, 0.5) is 0 Å². The van der Waals surface area contributed by atoms with Crippen molar-refractivity contribution in [2.24, 2.45) is 5.92 Å². The molecule has 1 aromatic rings. The summed E-state index contributed by atoms with van der Waals surface area (Å²) in [6, 6.07) is 3.68.